The smallest absolute Gasteiger partial charge is 0.262 e. The molecule has 0 radical (unpaired) electrons. The number of nitrogens with one attached hydrogen (secondary N) is 1. The second-order valence-corrected chi connectivity index (χ2v) is 7.37. The van der Waals surface area contributed by atoms with Crippen LogP contribution in [0.15, 0.2) is 42.5 Å². The van der Waals surface area contributed by atoms with Crippen LogP contribution in [0.25, 0.3) is 0 Å². The van der Waals surface area contributed by atoms with Crippen LogP contribution < -0.4 is 10.1 Å². The van der Waals surface area contributed by atoms with Gasteiger partial charge in [-0.05, 0) is 74.1 Å². The van der Waals surface area contributed by atoms with Crippen molar-refractivity contribution in [1.29, 1.82) is 0 Å². The van der Waals surface area contributed by atoms with E-state index in [0.717, 1.165) is 49.2 Å². The summed E-state index contributed by atoms with van der Waals surface area (Å²) in [5.41, 5.74) is 4.15. The molecule has 2 aromatic rings. The fraction of sp³-hybridized carbons (Fsp3) is 0.391. The van der Waals surface area contributed by atoms with Crippen molar-refractivity contribution in [2.24, 2.45) is 0 Å². The lowest BCUT2D eigenvalue weighted by atomic mass is 10.1. The molecule has 1 aliphatic rings. The van der Waals surface area contributed by atoms with Crippen molar-refractivity contribution < 1.29 is 14.3 Å². The van der Waals surface area contributed by atoms with Crippen molar-refractivity contribution >= 4 is 17.5 Å². The third kappa shape index (κ3) is 5.59. The molecular formula is C23H28N2O3. The number of likely N-dealkylation sites (tertiary alicyclic amines) is 1. The van der Waals surface area contributed by atoms with Gasteiger partial charge in [0, 0.05) is 25.2 Å². The van der Waals surface area contributed by atoms with Crippen LogP contribution in [0.1, 0.15) is 36.0 Å². The number of aryl methyl sites for hydroxylation is 3. The quantitative estimate of drug-likeness (QED) is 0.793. The van der Waals surface area contributed by atoms with Crippen molar-refractivity contribution in [3.05, 3.63) is 59.2 Å². The van der Waals surface area contributed by atoms with Crippen LogP contribution in [0.4, 0.5) is 5.69 Å². The predicted octanol–water partition coefficient (Wildman–Crippen LogP) is 3.88. The van der Waals surface area contributed by atoms with Gasteiger partial charge in [-0.25, -0.2) is 0 Å². The Morgan fingerprint density at radius 3 is 2.39 bits per heavy atom. The highest BCUT2D eigenvalue weighted by molar-refractivity contribution is 5.91. The maximum atomic E-state index is 12.1. The van der Waals surface area contributed by atoms with Crippen molar-refractivity contribution in [3.8, 4) is 5.75 Å². The number of rotatable bonds is 7. The summed E-state index contributed by atoms with van der Waals surface area (Å²) in [5, 5.41) is 2.84. The van der Waals surface area contributed by atoms with Crippen LogP contribution in [-0.4, -0.2) is 36.4 Å². The van der Waals surface area contributed by atoms with Gasteiger partial charge in [0.05, 0.1) is 0 Å². The molecule has 2 aromatic carbocycles. The Kier molecular flexibility index (Phi) is 6.69. The van der Waals surface area contributed by atoms with Gasteiger partial charge in [0.1, 0.15) is 5.75 Å². The van der Waals surface area contributed by atoms with Gasteiger partial charge in [-0.3, -0.25) is 9.59 Å². The zero-order chi connectivity index (χ0) is 19.9. The third-order valence-corrected chi connectivity index (χ3v) is 5.17. The zero-order valence-corrected chi connectivity index (χ0v) is 16.7. The second kappa shape index (κ2) is 9.40. The molecule has 2 amide bonds. The Morgan fingerprint density at radius 2 is 1.71 bits per heavy atom. The largest absolute Gasteiger partial charge is 0.484 e. The molecule has 5 heteroatoms. The minimum Gasteiger partial charge on any atom is -0.484 e. The highest BCUT2D eigenvalue weighted by atomic mass is 16.5. The Bertz CT molecular complexity index is 824. The van der Waals surface area contributed by atoms with Crippen LogP contribution in [0.3, 0.4) is 0 Å². The summed E-state index contributed by atoms with van der Waals surface area (Å²) >= 11 is 0. The topological polar surface area (TPSA) is 58.6 Å². The molecule has 0 spiro atoms. The van der Waals surface area contributed by atoms with Gasteiger partial charge in [0.2, 0.25) is 5.91 Å². The lowest BCUT2D eigenvalue weighted by molar-refractivity contribution is -0.130. The predicted molar refractivity (Wildman–Crippen MR) is 111 cm³/mol. The molecule has 5 nitrogen and oxygen atoms in total. The van der Waals surface area contributed by atoms with Crippen LogP contribution in [0.5, 0.6) is 5.75 Å². The Labute approximate surface area is 166 Å². The van der Waals surface area contributed by atoms with Gasteiger partial charge in [-0.15, -0.1) is 0 Å². The first-order chi connectivity index (χ1) is 13.5. The van der Waals surface area contributed by atoms with E-state index in [1.165, 1.54) is 5.56 Å². The van der Waals surface area contributed by atoms with Crippen molar-refractivity contribution in [1.82, 2.24) is 4.90 Å². The molecule has 148 valence electrons. The van der Waals surface area contributed by atoms with Crippen LogP contribution in [0, 0.1) is 13.8 Å². The van der Waals surface area contributed by atoms with E-state index in [1.807, 2.05) is 61.2 Å². The summed E-state index contributed by atoms with van der Waals surface area (Å²) in [5.74, 6) is 0.727. The monoisotopic (exact) mass is 380 g/mol. The van der Waals surface area contributed by atoms with E-state index >= 15 is 0 Å². The first-order valence-electron chi connectivity index (χ1n) is 9.88. The number of amides is 2. The summed E-state index contributed by atoms with van der Waals surface area (Å²) in [6, 6.07) is 13.4. The van der Waals surface area contributed by atoms with Crippen LogP contribution in [0.2, 0.25) is 0 Å². The Balaban J connectivity index is 1.43. The number of carbonyl (C=O) groups is 2. The molecule has 0 unspecified atom stereocenters. The number of carbonyl (C=O) groups excluding carboxylic acids is 2. The second-order valence-electron chi connectivity index (χ2n) is 7.37. The molecule has 0 aliphatic carbocycles. The SMILES string of the molecule is Cc1ccc(OCC(=O)Nc2ccc(CCC(=O)N3CCCC3)cc2)cc1C. The number of ether oxygens (including phenoxy) is 1. The molecule has 1 saturated heterocycles. The molecular weight excluding hydrogens is 352 g/mol. The molecule has 0 atom stereocenters. The third-order valence-electron chi connectivity index (χ3n) is 5.17. The maximum Gasteiger partial charge on any atom is 0.262 e. The Morgan fingerprint density at radius 1 is 1.00 bits per heavy atom. The van der Waals surface area contributed by atoms with Gasteiger partial charge < -0.3 is 15.0 Å². The maximum absolute atomic E-state index is 12.1. The number of hydrogen-bond acceptors (Lipinski definition) is 3. The average molecular weight is 380 g/mol. The number of benzene rings is 2. The van der Waals surface area contributed by atoms with Gasteiger partial charge in [0.25, 0.3) is 5.91 Å². The van der Waals surface area contributed by atoms with E-state index in [-0.39, 0.29) is 18.4 Å². The lowest BCUT2D eigenvalue weighted by Crippen LogP contribution is -2.27. The number of anilines is 1. The van der Waals surface area contributed by atoms with Crippen LogP contribution >= 0.6 is 0 Å². The number of hydrogen-bond donors (Lipinski definition) is 1. The van der Waals surface area contributed by atoms with Crippen molar-refractivity contribution in [3.63, 3.8) is 0 Å². The average Bonchev–Trinajstić information content (AvgIpc) is 3.23. The van der Waals surface area contributed by atoms with E-state index in [0.29, 0.717) is 12.2 Å². The first-order valence-corrected chi connectivity index (χ1v) is 9.88. The zero-order valence-electron chi connectivity index (χ0n) is 16.7. The minimum absolute atomic E-state index is 0.0331. The van der Waals surface area contributed by atoms with Gasteiger partial charge >= 0.3 is 0 Å². The highest BCUT2D eigenvalue weighted by Crippen LogP contribution is 2.17. The normalized spacial score (nSPS) is 13.4. The minimum atomic E-state index is -0.199. The van der Waals surface area contributed by atoms with Gasteiger partial charge in [-0.1, -0.05) is 18.2 Å². The molecule has 1 N–H and O–H groups in total. The molecule has 0 aromatic heterocycles. The molecule has 0 saturated carbocycles. The van der Waals surface area contributed by atoms with Crippen molar-refractivity contribution in [2.75, 3.05) is 25.0 Å². The fourth-order valence-electron chi connectivity index (χ4n) is 3.28. The fourth-order valence-corrected chi connectivity index (χ4v) is 3.28. The van der Waals surface area contributed by atoms with E-state index in [9.17, 15) is 9.59 Å². The molecule has 1 fully saturated rings. The standard InChI is InChI=1S/C23H28N2O3/c1-17-5-11-21(15-18(17)2)28-16-22(26)24-20-9-6-19(7-10-20)8-12-23(27)25-13-3-4-14-25/h5-7,9-11,15H,3-4,8,12-14,16H2,1-2H3,(H,24,26). The van der Waals surface area contributed by atoms with Gasteiger partial charge in [-0.2, -0.15) is 0 Å². The molecule has 28 heavy (non-hydrogen) atoms. The van der Waals surface area contributed by atoms with E-state index < -0.39 is 0 Å². The van der Waals surface area contributed by atoms with E-state index in [4.69, 9.17) is 4.74 Å². The van der Waals surface area contributed by atoms with Gasteiger partial charge in [0.15, 0.2) is 6.61 Å². The highest BCUT2D eigenvalue weighted by Gasteiger charge is 2.17. The molecule has 1 aliphatic heterocycles. The first kappa shape index (κ1) is 19.9. The van der Waals surface area contributed by atoms with Crippen LogP contribution in [-0.2, 0) is 16.0 Å². The molecule has 1 heterocycles. The summed E-state index contributed by atoms with van der Waals surface area (Å²) in [6.45, 7) is 5.82. The molecule has 0 bridgehead atoms. The Hall–Kier alpha value is -2.82. The van der Waals surface area contributed by atoms with Crippen molar-refractivity contribution in [2.45, 2.75) is 39.5 Å². The van der Waals surface area contributed by atoms with E-state index in [1.54, 1.807) is 0 Å². The lowest BCUT2D eigenvalue weighted by Gasteiger charge is -2.15. The summed E-state index contributed by atoms with van der Waals surface area (Å²) in [4.78, 5) is 26.2. The number of nitrogens with zero attached hydrogens (tertiary/aromatic N) is 1. The summed E-state index contributed by atoms with van der Waals surface area (Å²) in [6.07, 6.45) is 3.50. The van der Waals surface area contributed by atoms with E-state index in [2.05, 4.69) is 5.32 Å². The summed E-state index contributed by atoms with van der Waals surface area (Å²) in [7, 11) is 0. The molecule has 3 rings (SSSR count). The summed E-state index contributed by atoms with van der Waals surface area (Å²) < 4.78 is 5.56.